The van der Waals surface area contributed by atoms with Crippen molar-refractivity contribution in [2.75, 3.05) is 0 Å². The van der Waals surface area contributed by atoms with Crippen LogP contribution in [0.3, 0.4) is 0 Å². The zero-order valence-electron chi connectivity index (χ0n) is 11.1. The van der Waals surface area contributed by atoms with Crippen molar-refractivity contribution in [2.24, 2.45) is 5.92 Å². The highest BCUT2D eigenvalue weighted by atomic mass is 32.1. The summed E-state index contributed by atoms with van der Waals surface area (Å²) in [6.45, 7) is 1.96. The zero-order chi connectivity index (χ0) is 14.1. The Labute approximate surface area is 119 Å². The summed E-state index contributed by atoms with van der Waals surface area (Å²) in [6, 6.07) is 0. The largest absolute Gasteiger partial charge is 0.481 e. The quantitative estimate of drug-likeness (QED) is 0.931. The van der Waals surface area contributed by atoms with Crippen LogP contribution in [-0.2, 0) is 11.2 Å². The van der Waals surface area contributed by atoms with Gasteiger partial charge in [0.25, 0.3) is 0 Å². The second-order valence-corrected chi connectivity index (χ2v) is 6.19. The molecule has 2 unspecified atom stereocenters. The average Bonchev–Trinajstić information content (AvgIpc) is 3.10. The van der Waals surface area contributed by atoms with Gasteiger partial charge in [-0.15, -0.1) is 11.3 Å². The lowest BCUT2D eigenvalue weighted by molar-refractivity contribution is -0.141. The van der Waals surface area contributed by atoms with Crippen LogP contribution in [0.2, 0.25) is 0 Å². The summed E-state index contributed by atoms with van der Waals surface area (Å²) in [4.78, 5) is 19.7. The molecule has 2 heterocycles. The van der Waals surface area contributed by atoms with Crippen molar-refractivity contribution in [3.05, 3.63) is 27.8 Å². The summed E-state index contributed by atoms with van der Waals surface area (Å²) in [6.07, 6.45) is 2.63. The van der Waals surface area contributed by atoms with E-state index in [1.54, 1.807) is 11.3 Å². The van der Waals surface area contributed by atoms with Crippen molar-refractivity contribution in [3.8, 4) is 0 Å². The Balaban J connectivity index is 1.67. The highest BCUT2D eigenvalue weighted by Gasteiger charge is 2.33. The molecule has 3 rings (SSSR count). The normalized spacial score (nSPS) is 22.2. The van der Waals surface area contributed by atoms with E-state index in [1.165, 1.54) is 0 Å². The molecule has 7 heteroatoms. The van der Waals surface area contributed by atoms with Gasteiger partial charge in [0, 0.05) is 11.3 Å². The monoisotopic (exact) mass is 293 g/mol. The Morgan fingerprint density at radius 3 is 3.00 bits per heavy atom. The minimum atomic E-state index is -0.731. The second kappa shape index (κ2) is 5.32. The molecule has 2 aromatic rings. The number of hydrogen-bond donors (Lipinski definition) is 1. The average molecular weight is 293 g/mol. The van der Waals surface area contributed by atoms with Crippen LogP contribution in [0.1, 0.15) is 47.6 Å². The van der Waals surface area contributed by atoms with Crippen molar-refractivity contribution < 1.29 is 14.4 Å². The number of carbonyl (C=O) groups is 1. The predicted octanol–water partition coefficient (Wildman–Crippen LogP) is 2.39. The molecular weight excluding hydrogens is 278 g/mol. The fourth-order valence-electron chi connectivity index (χ4n) is 2.59. The van der Waals surface area contributed by atoms with E-state index >= 15 is 0 Å². The van der Waals surface area contributed by atoms with E-state index in [4.69, 9.17) is 9.63 Å². The molecule has 0 radical (unpaired) electrons. The number of aliphatic carboxylic acids is 1. The van der Waals surface area contributed by atoms with Crippen molar-refractivity contribution >= 4 is 17.3 Å². The van der Waals surface area contributed by atoms with Gasteiger partial charge in [-0.05, 0) is 26.2 Å². The number of carboxylic acids is 1. The lowest BCUT2D eigenvalue weighted by Crippen LogP contribution is -2.09. The molecule has 1 fully saturated rings. The Bertz CT molecular complexity index is 622. The molecule has 2 aromatic heterocycles. The molecule has 0 amide bonds. The van der Waals surface area contributed by atoms with Gasteiger partial charge >= 0.3 is 5.97 Å². The first-order valence-electron chi connectivity index (χ1n) is 6.58. The summed E-state index contributed by atoms with van der Waals surface area (Å²) in [7, 11) is 0. The van der Waals surface area contributed by atoms with E-state index < -0.39 is 5.97 Å². The van der Waals surface area contributed by atoms with Crippen LogP contribution in [0, 0.1) is 12.8 Å². The first-order chi connectivity index (χ1) is 9.61. The third-order valence-electron chi connectivity index (χ3n) is 3.62. The fraction of sp³-hybridized carbons (Fsp3) is 0.538. The molecule has 0 saturated heterocycles. The number of nitrogens with zero attached hydrogens (tertiary/aromatic N) is 3. The molecule has 106 valence electrons. The highest BCUT2D eigenvalue weighted by molar-refractivity contribution is 7.09. The van der Waals surface area contributed by atoms with Crippen LogP contribution < -0.4 is 0 Å². The van der Waals surface area contributed by atoms with Crippen molar-refractivity contribution in [2.45, 2.75) is 38.5 Å². The molecule has 1 saturated carbocycles. The minimum absolute atomic E-state index is 0.0783. The first-order valence-corrected chi connectivity index (χ1v) is 7.46. The molecular formula is C13H15N3O3S. The zero-order valence-corrected chi connectivity index (χ0v) is 11.9. The third kappa shape index (κ3) is 2.72. The number of thiazole rings is 1. The number of hydrogen-bond acceptors (Lipinski definition) is 6. The number of rotatable bonds is 4. The molecule has 6 nitrogen and oxygen atoms in total. The van der Waals surface area contributed by atoms with Crippen LogP contribution in [0.4, 0.5) is 0 Å². The van der Waals surface area contributed by atoms with Crippen molar-refractivity contribution in [3.63, 3.8) is 0 Å². The summed E-state index contributed by atoms with van der Waals surface area (Å²) in [5.41, 5.74) is 0.940. The van der Waals surface area contributed by atoms with E-state index in [2.05, 4.69) is 15.1 Å². The highest BCUT2D eigenvalue weighted by Crippen LogP contribution is 2.37. The van der Waals surface area contributed by atoms with Gasteiger partial charge in [0.1, 0.15) is 0 Å². The molecule has 1 aliphatic carbocycles. The standard InChI is InChI=1S/C13H15N3O3S/c1-7-14-10(6-20-7)5-11-15-12(19-16-11)8-2-3-9(4-8)13(17)18/h6,8-9H,2-5H2,1H3,(H,17,18). The van der Waals surface area contributed by atoms with Gasteiger partial charge in [0.05, 0.1) is 23.0 Å². The molecule has 0 aromatic carbocycles. The Kier molecular flexibility index (Phi) is 3.52. The molecule has 0 spiro atoms. The summed E-state index contributed by atoms with van der Waals surface area (Å²) >= 11 is 1.60. The lowest BCUT2D eigenvalue weighted by Gasteiger charge is -2.02. The molecule has 1 aliphatic rings. The van der Waals surface area contributed by atoms with Gasteiger partial charge < -0.3 is 9.63 Å². The van der Waals surface area contributed by atoms with Crippen LogP contribution >= 0.6 is 11.3 Å². The van der Waals surface area contributed by atoms with Gasteiger partial charge in [-0.1, -0.05) is 5.16 Å². The van der Waals surface area contributed by atoms with Crippen molar-refractivity contribution in [1.29, 1.82) is 0 Å². The van der Waals surface area contributed by atoms with Gasteiger partial charge in [0.15, 0.2) is 5.82 Å². The third-order valence-corrected chi connectivity index (χ3v) is 4.44. The fourth-order valence-corrected chi connectivity index (χ4v) is 3.20. The van der Waals surface area contributed by atoms with Crippen LogP contribution in [0.5, 0.6) is 0 Å². The van der Waals surface area contributed by atoms with E-state index in [0.717, 1.165) is 17.1 Å². The number of aromatic nitrogens is 3. The summed E-state index contributed by atoms with van der Waals surface area (Å²) < 4.78 is 5.28. The summed E-state index contributed by atoms with van der Waals surface area (Å²) in [5.74, 6) is 0.246. The second-order valence-electron chi connectivity index (χ2n) is 5.13. The van der Waals surface area contributed by atoms with Crippen LogP contribution in [0.25, 0.3) is 0 Å². The summed E-state index contributed by atoms with van der Waals surface area (Å²) in [5, 5.41) is 16.0. The number of carboxylic acid groups (broad SMARTS) is 1. The molecule has 1 N–H and O–H groups in total. The van der Waals surface area contributed by atoms with Gasteiger partial charge in [-0.25, -0.2) is 4.98 Å². The Morgan fingerprint density at radius 1 is 1.50 bits per heavy atom. The molecule has 2 atom stereocenters. The molecule has 0 bridgehead atoms. The van der Waals surface area contributed by atoms with E-state index in [-0.39, 0.29) is 11.8 Å². The van der Waals surface area contributed by atoms with Gasteiger partial charge in [-0.2, -0.15) is 4.98 Å². The number of aryl methyl sites for hydroxylation is 1. The molecule has 20 heavy (non-hydrogen) atoms. The maximum absolute atomic E-state index is 11.0. The van der Waals surface area contributed by atoms with Crippen LogP contribution in [0.15, 0.2) is 9.90 Å². The Morgan fingerprint density at radius 2 is 2.35 bits per heavy atom. The van der Waals surface area contributed by atoms with Crippen LogP contribution in [-0.4, -0.2) is 26.2 Å². The SMILES string of the molecule is Cc1nc(Cc2noc(C3CCC(C(=O)O)C3)n2)cs1. The van der Waals surface area contributed by atoms with Gasteiger partial charge in [0.2, 0.25) is 5.89 Å². The van der Waals surface area contributed by atoms with E-state index in [1.807, 2.05) is 12.3 Å². The first kappa shape index (κ1) is 13.2. The predicted molar refractivity (Wildman–Crippen MR) is 71.7 cm³/mol. The smallest absolute Gasteiger partial charge is 0.306 e. The lowest BCUT2D eigenvalue weighted by atomic mass is 10.1. The van der Waals surface area contributed by atoms with E-state index in [0.29, 0.717) is 31.0 Å². The van der Waals surface area contributed by atoms with Gasteiger partial charge in [-0.3, -0.25) is 4.79 Å². The maximum Gasteiger partial charge on any atom is 0.306 e. The Hall–Kier alpha value is -1.76. The van der Waals surface area contributed by atoms with E-state index in [9.17, 15) is 4.79 Å². The molecule has 0 aliphatic heterocycles. The maximum atomic E-state index is 11.0. The minimum Gasteiger partial charge on any atom is -0.481 e. The topological polar surface area (TPSA) is 89.1 Å². The van der Waals surface area contributed by atoms with Crippen molar-refractivity contribution in [1.82, 2.24) is 15.1 Å².